The summed E-state index contributed by atoms with van der Waals surface area (Å²) >= 11 is 0. The second kappa shape index (κ2) is 7.59. The first-order valence-corrected chi connectivity index (χ1v) is 10.4. The first kappa shape index (κ1) is 19.2. The van der Waals surface area contributed by atoms with Crippen LogP contribution in [0.25, 0.3) is 0 Å². The van der Waals surface area contributed by atoms with E-state index in [1.54, 1.807) is 0 Å². The molecule has 2 fully saturated rings. The van der Waals surface area contributed by atoms with E-state index in [0.717, 1.165) is 25.9 Å². The lowest BCUT2D eigenvalue weighted by atomic mass is 10.1. The summed E-state index contributed by atoms with van der Waals surface area (Å²) in [5, 5.41) is 11.3. The van der Waals surface area contributed by atoms with Gasteiger partial charge in [0.15, 0.2) is 4.90 Å². The molecule has 3 atom stereocenters. The highest BCUT2D eigenvalue weighted by Crippen LogP contribution is 2.31. The lowest BCUT2D eigenvalue weighted by molar-refractivity contribution is -0.387. The first-order chi connectivity index (χ1) is 12.3. The summed E-state index contributed by atoms with van der Waals surface area (Å²) in [6.45, 7) is 6.57. The van der Waals surface area contributed by atoms with Crippen molar-refractivity contribution in [3.63, 3.8) is 0 Å². The fourth-order valence-electron chi connectivity index (χ4n) is 3.99. The number of morpholine rings is 1. The number of hydrogen-bond donors (Lipinski definition) is 0. The first-order valence-electron chi connectivity index (χ1n) is 8.92. The molecule has 3 rings (SSSR count). The predicted molar refractivity (Wildman–Crippen MR) is 96.5 cm³/mol. The molecular formula is C17H25N3O5S. The van der Waals surface area contributed by atoms with E-state index in [9.17, 15) is 18.5 Å². The minimum atomic E-state index is -3.91. The van der Waals surface area contributed by atoms with E-state index >= 15 is 0 Å². The largest absolute Gasteiger partial charge is 0.373 e. The van der Waals surface area contributed by atoms with Gasteiger partial charge in [0, 0.05) is 38.3 Å². The maximum atomic E-state index is 13.1. The van der Waals surface area contributed by atoms with Crippen molar-refractivity contribution in [2.45, 2.75) is 49.8 Å². The van der Waals surface area contributed by atoms with E-state index in [1.165, 1.54) is 28.6 Å². The Morgan fingerprint density at radius 1 is 1.23 bits per heavy atom. The van der Waals surface area contributed by atoms with Crippen LogP contribution in [0.3, 0.4) is 0 Å². The van der Waals surface area contributed by atoms with Crippen LogP contribution in [-0.2, 0) is 14.8 Å². The molecule has 0 bridgehead atoms. The number of sulfonamides is 1. The molecule has 0 spiro atoms. The monoisotopic (exact) mass is 383 g/mol. The van der Waals surface area contributed by atoms with Gasteiger partial charge < -0.3 is 4.74 Å². The van der Waals surface area contributed by atoms with Gasteiger partial charge in [-0.1, -0.05) is 12.1 Å². The third-order valence-corrected chi connectivity index (χ3v) is 6.94. The van der Waals surface area contributed by atoms with Gasteiger partial charge in [0.1, 0.15) is 0 Å². The molecule has 2 aliphatic heterocycles. The van der Waals surface area contributed by atoms with E-state index in [0.29, 0.717) is 13.1 Å². The molecule has 0 aromatic heterocycles. The molecule has 8 nitrogen and oxygen atoms in total. The molecule has 0 saturated carbocycles. The van der Waals surface area contributed by atoms with Crippen molar-refractivity contribution in [2.24, 2.45) is 0 Å². The van der Waals surface area contributed by atoms with E-state index in [4.69, 9.17) is 4.74 Å². The van der Waals surface area contributed by atoms with Gasteiger partial charge >= 0.3 is 0 Å². The molecule has 0 radical (unpaired) electrons. The molecule has 1 aromatic carbocycles. The predicted octanol–water partition coefficient (Wildman–Crippen LogP) is 1.86. The standard InChI is InChI=1S/C17H25N3O5S/c1-13-10-18(11-14(2)25-13)12-15-6-5-9-19(15)26(23,24)17-8-4-3-7-16(17)20(21)22/h3-4,7-8,13-15H,5-6,9-12H2,1-2H3. The second-order valence-corrected chi connectivity index (χ2v) is 8.97. The highest BCUT2D eigenvalue weighted by Gasteiger charge is 2.39. The van der Waals surface area contributed by atoms with Crippen LogP contribution in [0.15, 0.2) is 29.2 Å². The molecule has 9 heteroatoms. The van der Waals surface area contributed by atoms with E-state index in [1.807, 2.05) is 13.8 Å². The van der Waals surface area contributed by atoms with Crippen LogP contribution in [0.1, 0.15) is 26.7 Å². The summed E-state index contributed by atoms with van der Waals surface area (Å²) in [6, 6.07) is 5.40. The van der Waals surface area contributed by atoms with Crippen molar-refractivity contribution in [1.29, 1.82) is 0 Å². The summed E-state index contributed by atoms with van der Waals surface area (Å²) in [4.78, 5) is 12.6. The number of nitrogens with zero attached hydrogens (tertiary/aromatic N) is 3. The zero-order chi connectivity index (χ0) is 18.9. The van der Waals surface area contributed by atoms with Crippen LogP contribution < -0.4 is 0 Å². The fraction of sp³-hybridized carbons (Fsp3) is 0.647. The average molecular weight is 383 g/mol. The zero-order valence-electron chi connectivity index (χ0n) is 15.1. The Morgan fingerprint density at radius 2 is 1.88 bits per heavy atom. The van der Waals surface area contributed by atoms with Gasteiger partial charge in [0.25, 0.3) is 5.69 Å². The van der Waals surface area contributed by atoms with Gasteiger partial charge in [-0.15, -0.1) is 0 Å². The van der Waals surface area contributed by atoms with Crippen molar-refractivity contribution in [3.05, 3.63) is 34.4 Å². The Labute approximate surface area is 153 Å². The molecular weight excluding hydrogens is 358 g/mol. The Balaban J connectivity index is 1.82. The van der Waals surface area contributed by atoms with Gasteiger partial charge in [-0.3, -0.25) is 15.0 Å². The van der Waals surface area contributed by atoms with Crippen molar-refractivity contribution in [3.8, 4) is 0 Å². The van der Waals surface area contributed by atoms with E-state index in [2.05, 4.69) is 4.90 Å². The number of hydrogen-bond acceptors (Lipinski definition) is 6. The molecule has 26 heavy (non-hydrogen) atoms. The van der Waals surface area contributed by atoms with Crippen molar-refractivity contribution in [2.75, 3.05) is 26.2 Å². The molecule has 144 valence electrons. The maximum Gasteiger partial charge on any atom is 0.289 e. The zero-order valence-corrected chi connectivity index (χ0v) is 15.9. The summed E-state index contributed by atoms with van der Waals surface area (Å²) in [5.74, 6) is 0. The molecule has 0 N–H and O–H groups in total. The molecule has 2 saturated heterocycles. The third-order valence-electron chi connectivity index (χ3n) is 4.94. The van der Waals surface area contributed by atoms with Crippen LogP contribution >= 0.6 is 0 Å². The summed E-state index contributed by atoms with van der Waals surface area (Å²) in [5.41, 5.74) is -0.369. The minimum absolute atomic E-state index is 0.112. The Hall–Kier alpha value is -1.55. The maximum absolute atomic E-state index is 13.1. The minimum Gasteiger partial charge on any atom is -0.373 e. The van der Waals surface area contributed by atoms with E-state index < -0.39 is 14.9 Å². The van der Waals surface area contributed by atoms with Gasteiger partial charge in [-0.05, 0) is 32.8 Å². The van der Waals surface area contributed by atoms with Crippen molar-refractivity contribution in [1.82, 2.24) is 9.21 Å². The summed E-state index contributed by atoms with van der Waals surface area (Å²) in [6.07, 6.45) is 1.75. The highest BCUT2D eigenvalue weighted by molar-refractivity contribution is 7.89. The molecule has 0 amide bonds. The van der Waals surface area contributed by atoms with Crippen LogP contribution in [0.2, 0.25) is 0 Å². The van der Waals surface area contributed by atoms with Crippen molar-refractivity contribution < 1.29 is 18.1 Å². The van der Waals surface area contributed by atoms with Gasteiger partial charge in [0.2, 0.25) is 10.0 Å². The number of rotatable bonds is 5. The number of para-hydroxylation sites is 1. The second-order valence-electron chi connectivity index (χ2n) is 7.11. The number of ether oxygens (including phenoxy) is 1. The summed E-state index contributed by atoms with van der Waals surface area (Å²) < 4.78 is 33.4. The molecule has 2 aliphatic rings. The van der Waals surface area contributed by atoms with Gasteiger partial charge in [-0.2, -0.15) is 4.31 Å². The smallest absolute Gasteiger partial charge is 0.289 e. The molecule has 0 aliphatic carbocycles. The Kier molecular flexibility index (Phi) is 5.61. The van der Waals surface area contributed by atoms with Gasteiger partial charge in [0.05, 0.1) is 17.1 Å². The fourth-order valence-corrected chi connectivity index (χ4v) is 5.84. The number of benzene rings is 1. The topological polar surface area (TPSA) is 93.0 Å². The lowest BCUT2D eigenvalue weighted by Crippen LogP contribution is -2.50. The Morgan fingerprint density at radius 3 is 2.54 bits per heavy atom. The third kappa shape index (κ3) is 3.90. The highest BCUT2D eigenvalue weighted by atomic mass is 32.2. The quantitative estimate of drug-likeness (QED) is 0.569. The lowest BCUT2D eigenvalue weighted by Gasteiger charge is -2.37. The van der Waals surface area contributed by atoms with Crippen LogP contribution in [0, 0.1) is 10.1 Å². The average Bonchev–Trinajstić information content (AvgIpc) is 3.02. The SMILES string of the molecule is CC1CN(CC2CCCN2S(=O)(=O)c2ccccc2[N+](=O)[O-])CC(C)O1. The van der Waals surface area contributed by atoms with Crippen LogP contribution in [0.4, 0.5) is 5.69 Å². The van der Waals surface area contributed by atoms with E-state index in [-0.39, 0.29) is 28.8 Å². The van der Waals surface area contributed by atoms with Gasteiger partial charge in [-0.25, -0.2) is 8.42 Å². The normalized spacial score (nSPS) is 28.3. The van der Waals surface area contributed by atoms with Crippen LogP contribution in [-0.4, -0.2) is 67.0 Å². The molecule has 1 aromatic rings. The van der Waals surface area contributed by atoms with Crippen molar-refractivity contribution >= 4 is 15.7 Å². The van der Waals surface area contributed by atoms with Crippen LogP contribution in [0.5, 0.6) is 0 Å². The number of nitro benzene ring substituents is 1. The Bertz CT molecular complexity index is 759. The number of nitro groups is 1. The summed E-state index contributed by atoms with van der Waals surface area (Å²) in [7, 11) is -3.91. The molecule has 3 unspecified atom stereocenters. The molecule has 2 heterocycles.